The molecule has 0 bridgehead atoms. The number of hydrogen-bond acceptors (Lipinski definition) is 16. The highest BCUT2D eigenvalue weighted by Gasteiger charge is 2.42. The average Bonchev–Trinajstić information content (AvgIpc) is 1.74. The minimum Gasteiger partial charge on any atom is -0.480 e. The van der Waals surface area contributed by atoms with Crippen LogP contribution in [0.2, 0.25) is 0 Å². The first-order chi connectivity index (χ1) is 47.3. The number of halogens is 3. The molecule has 99 heavy (non-hydrogen) atoms. The molecule has 10 amide bonds. The lowest BCUT2D eigenvalue weighted by Crippen LogP contribution is -2.62. The molecule has 1 aliphatic carbocycles. The molecule has 4 heterocycles. The van der Waals surface area contributed by atoms with Crippen LogP contribution in [0.4, 0.5) is 13.2 Å². The topological polar surface area (TPSA) is 458 Å². The fourth-order valence-electron chi connectivity index (χ4n) is 12.0. The Kier molecular flexibility index (Phi) is 31.3. The zero-order valence-corrected chi connectivity index (χ0v) is 56.4. The summed E-state index contributed by atoms with van der Waals surface area (Å²) in [4.78, 5) is 177. The van der Waals surface area contributed by atoms with E-state index in [0.717, 1.165) is 32.1 Å². The third-order valence-corrected chi connectivity index (χ3v) is 17.9. The van der Waals surface area contributed by atoms with Crippen molar-refractivity contribution in [3.63, 3.8) is 0 Å². The molecule has 2 fully saturated rings. The van der Waals surface area contributed by atoms with Gasteiger partial charge in [-0.3, -0.25) is 47.9 Å². The number of amides is 10. The normalized spacial score (nSPS) is 17.2. The number of rotatable bonds is 40. The van der Waals surface area contributed by atoms with Gasteiger partial charge in [-0.2, -0.15) is 13.2 Å². The van der Waals surface area contributed by atoms with Crippen molar-refractivity contribution in [2.24, 2.45) is 29.2 Å². The monoisotopic (exact) mass is 1390 g/mol. The minimum atomic E-state index is -5.06. The SMILES string of the molecule is CC[C@H](C)[C@H](NC(=O)[C@@H](NC(=O)[C@H](CC1CCCCC1)NC(=O)[C@H](Cc1c[nH]cn1)NC(=O)[C@H](Cc1ccccc1)NC(=O)[C@@H]1CCCN1C(=O)[C@H](Cc1c[nH]cn1)NC(=O)[C@@H](N)CCCCNC(=O)C(F)(F)F)C(C)C)C(=O)N[C@@H](Cc1c[nH]cn1)C(=O)N[C@@H](CCCCN)C(=O)O. The lowest BCUT2D eigenvalue weighted by molar-refractivity contribution is -0.173. The summed E-state index contributed by atoms with van der Waals surface area (Å²) in [6, 6.07) is -4.32. The number of hydrogen-bond donors (Lipinski definition) is 15. The predicted octanol–water partition coefficient (Wildman–Crippen LogP) is 1.06. The lowest BCUT2D eigenvalue weighted by atomic mass is 9.84. The van der Waals surface area contributed by atoms with Gasteiger partial charge in [0.2, 0.25) is 53.2 Å². The van der Waals surface area contributed by atoms with Crippen LogP contribution in [0.1, 0.15) is 147 Å². The van der Waals surface area contributed by atoms with Crippen molar-refractivity contribution >= 4 is 65.0 Å². The van der Waals surface area contributed by atoms with Gasteiger partial charge in [0.25, 0.3) is 0 Å². The second-order valence-electron chi connectivity index (χ2n) is 25.9. The van der Waals surface area contributed by atoms with Gasteiger partial charge >= 0.3 is 18.1 Å². The number of nitrogens with two attached hydrogens (primary N) is 2. The molecule has 33 heteroatoms. The van der Waals surface area contributed by atoms with Crippen molar-refractivity contribution in [1.29, 1.82) is 0 Å². The molecule has 1 saturated carbocycles. The first kappa shape index (κ1) is 78.7. The molecule has 6 rings (SSSR count). The van der Waals surface area contributed by atoms with E-state index >= 15 is 4.79 Å². The fraction of sp³-hybridized carbons (Fsp3) is 0.606. The Balaban J connectivity index is 1.20. The van der Waals surface area contributed by atoms with Crippen LogP contribution < -0.4 is 59.3 Å². The summed E-state index contributed by atoms with van der Waals surface area (Å²) in [7, 11) is 0. The van der Waals surface area contributed by atoms with Crippen molar-refractivity contribution in [3.05, 3.63) is 90.5 Å². The van der Waals surface area contributed by atoms with E-state index in [0.29, 0.717) is 54.9 Å². The molecule has 1 saturated heterocycles. The summed E-state index contributed by atoms with van der Waals surface area (Å²) >= 11 is 0. The molecule has 4 aromatic rings. The molecular formula is C66H97F3N18O12. The molecule has 11 atom stereocenters. The molecule has 0 unspecified atom stereocenters. The number of nitrogens with zero attached hydrogens (tertiary/aromatic N) is 4. The van der Waals surface area contributed by atoms with Crippen LogP contribution in [0.25, 0.3) is 0 Å². The minimum absolute atomic E-state index is 0.0129. The number of aromatic amines is 3. The van der Waals surface area contributed by atoms with Gasteiger partial charge in [-0.05, 0) is 87.6 Å². The second-order valence-corrected chi connectivity index (χ2v) is 25.9. The molecule has 17 N–H and O–H groups in total. The third-order valence-electron chi connectivity index (χ3n) is 17.9. The van der Waals surface area contributed by atoms with E-state index in [2.05, 4.69) is 72.4 Å². The van der Waals surface area contributed by atoms with Gasteiger partial charge in [0.1, 0.15) is 54.4 Å². The number of unbranched alkanes of at least 4 members (excludes halogenated alkanes) is 2. The second kappa shape index (κ2) is 39.4. The number of carbonyl (C=O) groups is 11. The molecule has 1 aliphatic heterocycles. The number of carboxylic acid groups (broad SMARTS) is 1. The molecule has 544 valence electrons. The number of benzene rings is 1. The number of nitrogens with one attached hydrogen (secondary N) is 12. The Morgan fingerprint density at radius 3 is 1.63 bits per heavy atom. The number of imidazole rings is 3. The number of H-pyrrole nitrogens is 3. The van der Waals surface area contributed by atoms with Crippen LogP contribution in [-0.4, -0.2) is 191 Å². The largest absolute Gasteiger partial charge is 0.480 e. The highest BCUT2D eigenvalue weighted by molar-refractivity contribution is 5.99. The number of likely N-dealkylation sites (tertiary alicyclic amines) is 1. The first-order valence-corrected chi connectivity index (χ1v) is 34.0. The van der Waals surface area contributed by atoms with Crippen molar-refractivity contribution < 1.29 is 71.0 Å². The summed E-state index contributed by atoms with van der Waals surface area (Å²) in [5, 5.41) is 33.8. The van der Waals surface area contributed by atoms with E-state index in [-0.39, 0.29) is 83.2 Å². The number of carbonyl (C=O) groups excluding carboxylic acids is 10. The van der Waals surface area contributed by atoms with E-state index in [1.807, 2.05) is 0 Å². The third kappa shape index (κ3) is 25.2. The van der Waals surface area contributed by atoms with E-state index in [1.54, 1.807) is 63.3 Å². The van der Waals surface area contributed by atoms with Crippen LogP contribution in [0.3, 0.4) is 0 Å². The predicted molar refractivity (Wildman–Crippen MR) is 354 cm³/mol. The molecule has 3 aromatic heterocycles. The van der Waals surface area contributed by atoms with Gasteiger partial charge in [-0.1, -0.05) is 96.6 Å². The molecule has 1 aromatic carbocycles. The summed E-state index contributed by atoms with van der Waals surface area (Å²) in [6.07, 6.45) is 9.43. The van der Waals surface area contributed by atoms with Crippen molar-refractivity contribution in [2.45, 2.75) is 216 Å². The van der Waals surface area contributed by atoms with Crippen LogP contribution in [0, 0.1) is 17.8 Å². The fourth-order valence-corrected chi connectivity index (χ4v) is 12.0. The van der Waals surface area contributed by atoms with Crippen molar-refractivity contribution in [3.8, 4) is 0 Å². The maximum absolute atomic E-state index is 15.0. The summed E-state index contributed by atoms with van der Waals surface area (Å²) in [5.74, 6) is -11.4. The van der Waals surface area contributed by atoms with Crippen molar-refractivity contribution in [2.75, 3.05) is 19.6 Å². The van der Waals surface area contributed by atoms with Crippen LogP contribution in [0.15, 0.2) is 67.9 Å². The number of alkyl halides is 3. The van der Waals surface area contributed by atoms with Gasteiger partial charge in [-0.25, -0.2) is 19.7 Å². The van der Waals surface area contributed by atoms with Crippen LogP contribution in [-0.2, 0) is 78.4 Å². The van der Waals surface area contributed by atoms with E-state index in [4.69, 9.17) is 11.5 Å². The quantitative estimate of drug-likeness (QED) is 0.0277. The van der Waals surface area contributed by atoms with Crippen molar-refractivity contribution in [1.82, 2.24) is 82.7 Å². The smallest absolute Gasteiger partial charge is 0.471 e. The Hall–Kier alpha value is -9.27. The molecule has 0 radical (unpaired) electrons. The molecular weight excluding hydrogens is 1290 g/mol. The van der Waals surface area contributed by atoms with Gasteiger partial charge in [0, 0.05) is 57.4 Å². The first-order valence-electron chi connectivity index (χ1n) is 34.0. The molecule has 0 spiro atoms. The van der Waals surface area contributed by atoms with Gasteiger partial charge in [0.05, 0.1) is 42.1 Å². The van der Waals surface area contributed by atoms with Crippen LogP contribution >= 0.6 is 0 Å². The van der Waals surface area contributed by atoms with E-state index < -0.39 is 143 Å². The standard InChI is InChI=1S/C66H97F3N18O12/c1-5-39(4)54(62(95)83-50(30-43-33-73-36-77-43)57(90)79-46(64(97)98)22-12-14-24-70)86-61(94)53(38(2)3)85-59(92)48(28-41-19-10-7-11-20-41)80-58(91)49(29-42-32-72-35-76-42)81-56(89)47(27-40-17-8-6-9-18-40)82-60(93)52-23-16-26-87(52)63(96)51(31-44-34-74-37-78-44)84-55(88)45(71)21-13-15-25-75-65(99)66(67,68)69/h6,8-9,17-18,32-39,41,45-54H,5,7,10-16,19-31,70-71H2,1-4H3,(H,72,76)(H,73,77)(H,74,78)(H,75,99)(H,79,90)(H,80,91)(H,81,89)(H,82,93)(H,83,95)(H,84,88)(H,85,92)(H,86,94)(H,97,98)/t39-,45-,46-,47-,48-,49-,50-,51-,52-,53-,54-/m0/s1. The summed E-state index contributed by atoms with van der Waals surface area (Å²) in [6.45, 7) is 6.95. The highest BCUT2D eigenvalue weighted by Crippen LogP contribution is 2.28. The zero-order chi connectivity index (χ0) is 72.2. The van der Waals surface area contributed by atoms with E-state index in [9.17, 15) is 66.2 Å². The van der Waals surface area contributed by atoms with Gasteiger partial charge < -0.3 is 84.3 Å². The number of carboxylic acids is 1. The Bertz CT molecular complexity index is 3250. The maximum Gasteiger partial charge on any atom is 0.471 e. The Labute approximate surface area is 572 Å². The summed E-state index contributed by atoms with van der Waals surface area (Å²) in [5.41, 5.74) is 13.5. The van der Waals surface area contributed by atoms with Gasteiger partial charge in [0.15, 0.2) is 0 Å². The van der Waals surface area contributed by atoms with Crippen LogP contribution in [0.5, 0.6) is 0 Å². The summed E-state index contributed by atoms with van der Waals surface area (Å²) < 4.78 is 38.0. The number of aromatic nitrogens is 6. The molecule has 30 nitrogen and oxygen atoms in total. The lowest BCUT2D eigenvalue weighted by Gasteiger charge is -2.32. The average molecular weight is 1390 g/mol. The molecule has 2 aliphatic rings. The Morgan fingerprint density at radius 1 is 0.586 bits per heavy atom. The zero-order valence-electron chi connectivity index (χ0n) is 56.4. The Morgan fingerprint density at radius 2 is 1.09 bits per heavy atom. The van der Waals surface area contributed by atoms with Gasteiger partial charge in [-0.15, -0.1) is 0 Å². The number of aliphatic carboxylic acids is 1. The van der Waals surface area contributed by atoms with E-state index in [1.165, 1.54) is 42.5 Å². The maximum atomic E-state index is 15.0. The highest BCUT2D eigenvalue weighted by atomic mass is 19.4.